The fourth-order valence-electron chi connectivity index (χ4n) is 2.04. The molecule has 1 fully saturated rings. The third kappa shape index (κ3) is 1.77. The van der Waals surface area contributed by atoms with E-state index in [2.05, 4.69) is 29.3 Å². The molecule has 0 aromatic heterocycles. The van der Waals surface area contributed by atoms with Crippen molar-refractivity contribution in [3.05, 3.63) is 0 Å². The number of hydroxylamine groups is 1. The Hall–Kier alpha value is -0.610. The summed E-state index contributed by atoms with van der Waals surface area (Å²) >= 11 is 0. The highest BCUT2D eigenvalue weighted by Crippen LogP contribution is 2.37. The van der Waals surface area contributed by atoms with E-state index in [1.54, 1.807) is 0 Å². The highest BCUT2D eigenvalue weighted by molar-refractivity contribution is 5.79. The van der Waals surface area contributed by atoms with Crippen LogP contribution >= 0.6 is 0 Å². The molecule has 0 aliphatic carbocycles. The van der Waals surface area contributed by atoms with Crippen molar-refractivity contribution < 1.29 is 4.84 Å². The standard InChI is InChI=1S/C10H19N3O/c1-8-11-9(14-12-8)10(2)4-6-13(3)7-5-10/h9H,4-7H2,1-3H3,(H,11,12). The Morgan fingerprint density at radius 2 is 2.14 bits per heavy atom. The molecule has 1 atom stereocenters. The number of nitrogens with one attached hydrogen (secondary N) is 1. The minimum absolute atomic E-state index is 0.0104. The quantitative estimate of drug-likeness (QED) is 0.681. The summed E-state index contributed by atoms with van der Waals surface area (Å²) in [4.78, 5) is 12.3. The Morgan fingerprint density at radius 3 is 2.64 bits per heavy atom. The Kier molecular flexibility index (Phi) is 2.49. The van der Waals surface area contributed by atoms with E-state index in [1.807, 2.05) is 6.92 Å². The van der Waals surface area contributed by atoms with Gasteiger partial charge >= 0.3 is 0 Å². The molecule has 1 N–H and O–H groups in total. The van der Waals surface area contributed by atoms with Gasteiger partial charge in [0.1, 0.15) is 5.84 Å². The maximum atomic E-state index is 5.47. The summed E-state index contributed by atoms with van der Waals surface area (Å²) in [6, 6.07) is 0. The third-order valence-electron chi connectivity index (χ3n) is 3.35. The number of likely N-dealkylation sites (tertiary alicyclic amines) is 1. The second-order valence-electron chi connectivity index (χ2n) is 4.74. The van der Waals surface area contributed by atoms with Gasteiger partial charge in [0.05, 0.1) is 0 Å². The van der Waals surface area contributed by atoms with Crippen LogP contribution in [-0.4, -0.2) is 37.1 Å². The second-order valence-corrected chi connectivity index (χ2v) is 4.74. The summed E-state index contributed by atoms with van der Waals surface area (Å²) in [5, 5.41) is 0. The largest absolute Gasteiger partial charge is 0.306 e. The average molecular weight is 197 g/mol. The van der Waals surface area contributed by atoms with Crippen LogP contribution in [0.1, 0.15) is 26.7 Å². The van der Waals surface area contributed by atoms with Gasteiger partial charge in [-0.2, -0.15) is 0 Å². The van der Waals surface area contributed by atoms with Crippen LogP contribution in [0.3, 0.4) is 0 Å². The molecule has 1 saturated heterocycles. The summed E-state index contributed by atoms with van der Waals surface area (Å²) < 4.78 is 0. The van der Waals surface area contributed by atoms with Crippen LogP contribution in [0.15, 0.2) is 4.99 Å². The predicted molar refractivity (Wildman–Crippen MR) is 56.0 cm³/mol. The van der Waals surface area contributed by atoms with Crippen LogP contribution in [0.25, 0.3) is 0 Å². The van der Waals surface area contributed by atoms with Gasteiger partial charge in [-0.15, -0.1) is 0 Å². The van der Waals surface area contributed by atoms with E-state index in [0.29, 0.717) is 0 Å². The molecule has 0 amide bonds. The van der Waals surface area contributed by atoms with E-state index in [1.165, 1.54) is 0 Å². The molecule has 2 aliphatic heterocycles. The lowest BCUT2D eigenvalue weighted by atomic mass is 9.79. The predicted octanol–water partition coefficient (Wildman–Crippen LogP) is 0.998. The molecule has 4 heteroatoms. The van der Waals surface area contributed by atoms with Gasteiger partial charge in [0.2, 0.25) is 0 Å². The highest BCUT2D eigenvalue weighted by Gasteiger charge is 2.39. The minimum atomic E-state index is 0.0104. The van der Waals surface area contributed by atoms with E-state index in [9.17, 15) is 0 Å². The Morgan fingerprint density at radius 1 is 1.50 bits per heavy atom. The Labute approximate surface area is 85.3 Å². The van der Waals surface area contributed by atoms with Gasteiger partial charge in [0, 0.05) is 5.41 Å². The van der Waals surface area contributed by atoms with Crippen LogP contribution in [0.5, 0.6) is 0 Å². The molecule has 0 spiro atoms. The maximum Gasteiger partial charge on any atom is 0.182 e. The van der Waals surface area contributed by atoms with Crippen molar-refractivity contribution in [3.63, 3.8) is 0 Å². The highest BCUT2D eigenvalue weighted by atomic mass is 16.7. The molecular formula is C10H19N3O. The summed E-state index contributed by atoms with van der Waals surface area (Å²) in [5.74, 6) is 0.898. The van der Waals surface area contributed by atoms with Crippen LogP contribution in [0.4, 0.5) is 0 Å². The van der Waals surface area contributed by atoms with Crippen LogP contribution in [0.2, 0.25) is 0 Å². The zero-order chi connectivity index (χ0) is 10.2. The fraction of sp³-hybridized carbons (Fsp3) is 0.900. The monoisotopic (exact) mass is 197 g/mol. The maximum absolute atomic E-state index is 5.47. The number of hydrogen-bond donors (Lipinski definition) is 1. The summed E-state index contributed by atoms with van der Waals surface area (Å²) in [5.41, 5.74) is 3.05. The number of rotatable bonds is 1. The molecule has 4 nitrogen and oxygen atoms in total. The number of amidine groups is 1. The molecule has 0 aromatic rings. The van der Waals surface area contributed by atoms with E-state index >= 15 is 0 Å². The van der Waals surface area contributed by atoms with E-state index < -0.39 is 0 Å². The van der Waals surface area contributed by atoms with Crippen molar-refractivity contribution in [2.75, 3.05) is 20.1 Å². The zero-order valence-corrected chi connectivity index (χ0v) is 9.21. The molecule has 2 aliphatic rings. The van der Waals surface area contributed by atoms with Crippen molar-refractivity contribution in [3.8, 4) is 0 Å². The van der Waals surface area contributed by atoms with Gasteiger partial charge in [-0.05, 0) is 39.9 Å². The molecule has 0 saturated carbocycles. The van der Waals surface area contributed by atoms with Crippen molar-refractivity contribution >= 4 is 5.84 Å². The van der Waals surface area contributed by atoms with Gasteiger partial charge in [-0.25, -0.2) is 9.83 Å². The lowest BCUT2D eigenvalue weighted by Gasteiger charge is -2.39. The number of aliphatic imine (C=N–C) groups is 1. The van der Waals surface area contributed by atoms with Crippen molar-refractivity contribution in [1.82, 2.24) is 10.4 Å². The van der Waals surface area contributed by atoms with E-state index in [4.69, 9.17) is 4.84 Å². The van der Waals surface area contributed by atoms with E-state index in [-0.39, 0.29) is 11.6 Å². The molecule has 0 aromatic carbocycles. The zero-order valence-electron chi connectivity index (χ0n) is 9.21. The molecular weight excluding hydrogens is 178 g/mol. The Balaban J connectivity index is 2.02. The SMILES string of the molecule is CC1=NC(C2(C)CCN(C)CC2)ON1. The molecule has 2 heterocycles. The second kappa shape index (κ2) is 3.51. The van der Waals surface area contributed by atoms with Gasteiger partial charge < -0.3 is 4.90 Å². The average Bonchev–Trinajstić information content (AvgIpc) is 2.58. The lowest BCUT2D eigenvalue weighted by Crippen LogP contribution is -2.43. The minimum Gasteiger partial charge on any atom is -0.306 e. The first kappa shape index (κ1) is 9.93. The van der Waals surface area contributed by atoms with Gasteiger partial charge in [-0.1, -0.05) is 6.92 Å². The lowest BCUT2D eigenvalue weighted by molar-refractivity contribution is -0.0641. The first-order valence-corrected chi connectivity index (χ1v) is 5.25. The van der Waals surface area contributed by atoms with Crippen LogP contribution in [-0.2, 0) is 4.84 Å². The number of nitrogens with zero attached hydrogens (tertiary/aromatic N) is 2. The topological polar surface area (TPSA) is 36.9 Å². The van der Waals surface area contributed by atoms with Gasteiger partial charge in [0.15, 0.2) is 6.23 Å². The fourth-order valence-corrected chi connectivity index (χ4v) is 2.04. The first-order chi connectivity index (χ1) is 6.60. The van der Waals surface area contributed by atoms with Gasteiger partial charge in [0.25, 0.3) is 0 Å². The van der Waals surface area contributed by atoms with Crippen molar-refractivity contribution in [1.29, 1.82) is 0 Å². The molecule has 14 heavy (non-hydrogen) atoms. The smallest absolute Gasteiger partial charge is 0.182 e. The Bertz CT molecular complexity index is 244. The summed E-state index contributed by atoms with van der Waals surface area (Å²) in [6.07, 6.45) is 2.33. The molecule has 1 unspecified atom stereocenters. The van der Waals surface area contributed by atoms with Gasteiger partial charge in [-0.3, -0.25) is 5.48 Å². The van der Waals surface area contributed by atoms with Crippen molar-refractivity contribution in [2.24, 2.45) is 10.4 Å². The summed E-state index contributed by atoms with van der Waals surface area (Å²) in [7, 11) is 2.17. The first-order valence-electron chi connectivity index (χ1n) is 5.25. The molecule has 0 radical (unpaired) electrons. The van der Waals surface area contributed by atoms with Crippen molar-refractivity contribution in [2.45, 2.75) is 32.9 Å². The number of piperidine rings is 1. The summed E-state index contributed by atoms with van der Waals surface area (Å²) in [6.45, 7) is 6.50. The number of hydrogen-bond acceptors (Lipinski definition) is 4. The van der Waals surface area contributed by atoms with E-state index in [0.717, 1.165) is 31.8 Å². The third-order valence-corrected chi connectivity index (χ3v) is 3.35. The molecule has 0 bridgehead atoms. The van der Waals surface area contributed by atoms with Crippen LogP contribution in [0, 0.1) is 5.41 Å². The molecule has 2 rings (SSSR count). The molecule has 80 valence electrons. The normalized spacial score (nSPS) is 32.5. The van der Waals surface area contributed by atoms with Crippen LogP contribution < -0.4 is 5.48 Å².